The van der Waals surface area contributed by atoms with Crippen molar-refractivity contribution in [2.24, 2.45) is 11.1 Å². The third-order valence-electron chi connectivity index (χ3n) is 5.49. The van der Waals surface area contributed by atoms with Crippen molar-refractivity contribution in [2.45, 2.75) is 46.1 Å². The van der Waals surface area contributed by atoms with E-state index in [4.69, 9.17) is 28.0 Å². The Balaban J connectivity index is 1.74. The van der Waals surface area contributed by atoms with E-state index in [0.29, 0.717) is 28.6 Å². The number of carbonyl (C=O) groups is 2. The number of benzene rings is 2. The second-order valence-corrected chi connectivity index (χ2v) is 9.02. The molecule has 1 unspecified atom stereocenters. The first-order chi connectivity index (χ1) is 14.6. The summed E-state index contributed by atoms with van der Waals surface area (Å²) in [6.07, 6.45) is 0.717. The molecule has 0 fully saturated rings. The predicted molar refractivity (Wildman–Crippen MR) is 124 cm³/mol. The molecule has 1 aliphatic rings. The molecular weight excluding hydrogens is 435 g/mol. The molecule has 7 heteroatoms. The molecule has 2 aromatic carbocycles. The van der Waals surface area contributed by atoms with Gasteiger partial charge < -0.3 is 10.2 Å². The van der Waals surface area contributed by atoms with Crippen molar-refractivity contribution in [1.82, 2.24) is 5.32 Å². The van der Waals surface area contributed by atoms with Crippen molar-refractivity contribution in [3.05, 3.63) is 68.7 Å². The van der Waals surface area contributed by atoms with Gasteiger partial charge in [-0.05, 0) is 56.2 Å². The van der Waals surface area contributed by atoms with Crippen LogP contribution >= 0.6 is 23.2 Å². The number of hydrogen-bond donors (Lipinski definition) is 1. The van der Waals surface area contributed by atoms with E-state index in [9.17, 15) is 9.59 Å². The molecule has 31 heavy (non-hydrogen) atoms. The molecule has 3 rings (SSSR count). The van der Waals surface area contributed by atoms with E-state index in [0.717, 1.165) is 22.4 Å². The van der Waals surface area contributed by atoms with Crippen LogP contribution in [0.1, 0.15) is 60.7 Å². The molecule has 1 amide bonds. The van der Waals surface area contributed by atoms with Gasteiger partial charge in [-0.1, -0.05) is 47.4 Å². The van der Waals surface area contributed by atoms with E-state index in [1.54, 1.807) is 19.1 Å². The minimum absolute atomic E-state index is 0.0502. The number of nitrogens with one attached hydrogen (secondary N) is 1. The number of carbonyl (C=O) groups excluding carboxylic acids is 2. The van der Waals surface area contributed by atoms with Crippen molar-refractivity contribution in [3.8, 4) is 0 Å². The molecule has 0 aliphatic carbocycles. The Bertz CT molecular complexity index is 1030. The van der Waals surface area contributed by atoms with E-state index in [-0.39, 0.29) is 24.0 Å². The number of hydrogen-bond acceptors (Lipinski definition) is 4. The maximum absolute atomic E-state index is 12.7. The molecule has 1 N–H and O–H groups in total. The average molecular weight is 461 g/mol. The highest BCUT2D eigenvalue weighted by Crippen LogP contribution is 2.38. The van der Waals surface area contributed by atoms with E-state index in [2.05, 4.69) is 10.5 Å². The lowest BCUT2D eigenvalue weighted by atomic mass is 9.88. The number of oxime groups is 1. The Hall–Kier alpha value is -2.37. The first kappa shape index (κ1) is 23.3. The van der Waals surface area contributed by atoms with Gasteiger partial charge in [0, 0.05) is 46.5 Å². The molecule has 0 bridgehead atoms. The van der Waals surface area contributed by atoms with Gasteiger partial charge in [0.1, 0.15) is 0 Å². The summed E-state index contributed by atoms with van der Waals surface area (Å²) >= 11 is 12.3. The normalized spacial score (nSPS) is 18.8. The lowest BCUT2D eigenvalue weighted by Crippen LogP contribution is -2.30. The summed E-state index contributed by atoms with van der Waals surface area (Å²) in [6.45, 7) is 8.01. The lowest BCUT2D eigenvalue weighted by Gasteiger charge is -2.22. The SMILES string of the molecule is CCNC(=O)[C@@H](C)CC(=O)c1ccc(C2=NOC(C)(c3cc(Cl)cc(Cl)c3)C2)cc1C. The van der Waals surface area contributed by atoms with Gasteiger partial charge >= 0.3 is 0 Å². The summed E-state index contributed by atoms with van der Waals surface area (Å²) in [5, 5.41) is 8.13. The maximum Gasteiger partial charge on any atom is 0.223 e. The first-order valence-corrected chi connectivity index (χ1v) is 11.0. The number of halogens is 2. The molecule has 0 saturated heterocycles. The number of ketones is 1. The van der Waals surface area contributed by atoms with Crippen molar-refractivity contribution < 1.29 is 14.4 Å². The van der Waals surface area contributed by atoms with Gasteiger partial charge in [0.25, 0.3) is 0 Å². The topological polar surface area (TPSA) is 67.8 Å². The van der Waals surface area contributed by atoms with Crippen LogP contribution in [0.5, 0.6) is 0 Å². The molecule has 0 radical (unpaired) electrons. The highest BCUT2D eigenvalue weighted by Gasteiger charge is 2.37. The maximum atomic E-state index is 12.7. The quantitative estimate of drug-likeness (QED) is 0.539. The summed E-state index contributed by atoms with van der Waals surface area (Å²) in [6, 6.07) is 10.9. The molecule has 0 saturated carbocycles. The molecule has 1 aliphatic heterocycles. The zero-order valence-corrected chi connectivity index (χ0v) is 19.6. The average Bonchev–Trinajstić information content (AvgIpc) is 3.10. The van der Waals surface area contributed by atoms with Crippen LogP contribution in [0, 0.1) is 12.8 Å². The fourth-order valence-electron chi connectivity index (χ4n) is 3.69. The predicted octanol–water partition coefficient (Wildman–Crippen LogP) is 5.69. The summed E-state index contributed by atoms with van der Waals surface area (Å²) in [7, 11) is 0. The van der Waals surface area contributed by atoms with Crippen molar-refractivity contribution >= 4 is 40.6 Å². The van der Waals surface area contributed by atoms with E-state index < -0.39 is 5.60 Å². The van der Waals surface area contributed by atoms with Crippen LogP contribution in [0.25, 0.3) is 0 Å². The van der Waals surface area contributed by atoms with Gasteiger partial charge in [-0.15, -0.1) is 0 Å². The van der Waals surface area contributed by atoms with Crippen LogP contribution in [0.2, 0.25) is 10.0 Å². The fraction of sp³-hybridized carbons (Fsp3) is 0.375. The standard InChI is InChI=1S/C24H26Cl2N2O3/c1-5-27-23(30)15(3)9-22(29)20-7-6-16(8-14(20)2)21-13-24(4,31-28-21)17-10-18(25)12-19(26)11-17/h6-8,10-12,15H,5,9,13H2,1-4H3,(H,27,30)/t15-,24?/m0/s1. The lowest BCUT2D eigenvalue weighted by molar-refractivity contribution is -0.124. The smallest absolute Gasteiger partial charge is 0.223 e. The molecule has 164 valence electrons. The number of aryl methyl sites for hydroxylation is 1. The zero-order chi connectivity index (χ0) is 22.8. The van der Waals surface area contributed by atoms with E-state index >= 15 is 0 Å². The first-order valence-electron chi connectivity index (χ1n) is 10.3. The van der Waals surface area contributed by atoms with Gasteiger partial charge in [-0.3, -0.25) is 9.59 Å². The number of rotatable bonds is 7. The van der Waals surface area contributed by atoms with Gasteiger partial charge in [-0.2, -0.15) is 0 Å². The van der Waals surface area contributed by atoms with Crippen LogP contribution < -0.4 is 5.32 Å². The summed E-state index contributed by atoms with van der Waals surface area (Å²) < 4.78 is 0. The third-order valence-corrected chi connectivity index (χ3v) is 5.92. The Morgan fingerprint density at radius 1 is 1.19 bits per heavy atom. The van der Waals surface area contributed by atoms with Crippen molar-refractivity contribution in [1.29, 1.82) is 0 Å². The molecule has 1 heterocycles. The molecule has 0 spiro atoms. The minimum atomic E-state index is -0.672. The van der Waals surface area contributed by atoms with Crippen molar-refractivity contribution in [2.75, 3.05) is 6.54 Å². The van der Waals surface area contributed by atoms with Crippen LogP contribution in [0.3, 0.4) is 0 Å². The van der Waals surface area contributed by atoms with Crippen LogP contribution in [0.4, 0.5) is 0 Å². The Morgan fingerprint density at radius 2 is 1.87 bits per heavy atom. The van der Waals surface area contributed by atoms with E-state index in [1.807, 2.05) is 45.0 Å². The van der Waals surface area contributed by atoms with Crippen LogP contribution in [0.15, 0.2) is 41.6 Å². The molecular formula is C24H26Cl2N2O3. The highest BCUT2D eigenvalue weighted by molar-refractivity contribution is 6.34. The number of Topliss-reactive ketones (excluding diaryl/α,β-unsaturated/α-hetero) is 1. The summed E-state index contributed by atoms with van der Waals surface area (Å²) in [5.74, 6) is -0.529. The van der Waals surface area contributed by atoms with E-state index in [1.165, 1.54) is 0 Å². The number of nitrogens with zero attached hydrogens (tertiary/aromatic N) is 1. The molecule has 2 aromatic rings. The monoisotopic (exact) mass is 460 g/mol. The second kappa shape index (κ2) is 9.41. The molecule has 5 nitrogen and oxygen atoms in total. The largest absolute Gasteiger partial charge is 0.384 e. The molecule has 0 aromatic heterocycles. The Labute approximate surface area is 192 Å². The highest BCUT2D eigenvalue weighted by atomic mass is 35.5. The number of amides is 1. The summed E-state index contributed by atoms with van der Waals surface area (Å²) in [4.78, 5) is 30.4. The van der Waals surface area contributed by atoms with Crippen LogP contribution in [-0.4, -0.2) is 23.9 Å². The summed E-state index contributed by atoms with van der Waals surface area (Å²) in [5.41, 5.74) is 3.32. The second-order valence-electron chi connectivity index (χ2n) is 8.15. The van der Waals surface area contributed by atoms with Gasteiger partial charge in [0.05, 0.1) is 5.71 Å². The third kappa shape index (κ3) is 5.28. The fourth-order valence-corrected chi connectivity index (χ4v) is 4.22. The van der Waals surface area contributed by atoms with Gasteiger partial charge in [-0.25, -0.2) is 0 Å². The minimum Gasteiger partial charge on any atom is -0.384 e. The van der Waals surface area contributed by atoms with Crippen LogP contribution in [-0.2, 0) is 15.2 Å². The van der Waals surface area contributed by atoms with Crippen molar-refractivity contribution in [3.63, 3.8) is 0 Å². The Kier molecular flexibility index (Phi) is 7.07. The Morgan fingerprint density at radius 3 is 2.48 bits per heavy atom. The molecule has 2 atom stereocenters. The van der Waals surface area contributed by atoms with Gasteiger partial charge in [0.2, 0.25) is 5.91 Å². The van der Waals surface area contributed by atoms with Gasteiger partial charge in [0.15, 0.2) is 11.4 Å². The zero-order valence-electron chi connectivity index (χ0n) is 18.1.